The van der Waals surface area contributed by atoms with Gasteiger partial charge < -0.3 is 10.0 Å². The van der Waals surface area contributed by atoms with E-state index in [-0.39, 0.29) is 11.6 Å². The largest absolute Gasteiger partial charge is 0.477 e. The summed E-state index contributed by atoms with van der Waals surface area (Å²) in [6.45, 7) is 0.624. The Labute approximate surface area is 108 Å². The number of aromatic nitrogens is 2. The molecule has 0 unspecified atom stereocenters. The van der Waals surface area contributed by atoms with Gasteiger partial charge in [-0.15, -0.1) is 0 Å². The number of aromatic carboxylic acids is 1. The molecule has 1 amide bonds. The van der Waals surface area contributed by atoms with E-state index in [1.807, 2.05) is 0 Å². The predicted octanol–water partition coefficient (Wildman–Crippen LogP) is 1.45. The zero-order chi connectivity index (χ0) is 13.4. The Morgan fingerprint density at radius 3 is 2.84 bits per heavy atom. The van der Waals surface area contributed by atoms with Crippen molar-refractivity contribution >= 4 is 28.5 Å². The number of rotatable bonds is 2. The van der Waals surface area contributed by atoms with Crippen molar-refractivity contribution in [2.75, 3.05) is 11.4 Å². The molecule has 3 heterocycles. The van der Waals surface area contributed by atoms with Gasteiger partial charge in [-0.1, -0.05) is 0 Å². The van der Waals surface area contributed by atoms with Crippen LogP contribution in [0.15, 0.2) is 24.5 Å². The summed E-state index contributed by atoms with van der Waals surface area (Å²) in [6, 6.07) is 3.09. The molecule has 19 heavy (non-hydrogen) atoms. The molecule has 2 aromatic rings. The molecule has 2 aromatic heterocycles. The minimum absolute atomic E-state index is 0.0248. The highest BCUT2D eigenvalue weighted by molar-refractivity contribution is 6.03. The lowest BCUT2D eigenvalue weighted by atomic mass is 10.2. The summed E-state index contributed by atoms with van der Waals surface area (Å²) in [4.78, 5) is 32.6. The van der Waals surface area contributed by atoms with Gasteiger partial charge in [0.15, 0.2) is 0 Å². The van der Waals surface area contributed by atoms with Gasteiger partial charge in [-0.05, 0) is 18.6 Å². The summed E-state index contributed by atoms with van der Waals surface area (Å²) < 4.78 is 0. The van der Waals surface area contributed by atoms with Crippen molar-refractivity contribution in [2.45, 2.75) is 12.8 Å². The Bertz CT molecular complexity index is 684. The van der Waals surface area contributed by atoms with Crippen LogP contribution in [0.5, 0.6) is 0 Å². The van der Waals surface area contributed by atoms with Crippen molar-refractivity contribution in [3.63, 3.8) is 0 Å². The number of carbonyl (C=O) groups is 2. The third-order valence-corrected chi connectivity index (χ3v) is 3.16. The van der Waals surface area contributed by atoms with Crippen LogP contribution in [0.3, 0.4) is 0 Å². The first-order valence-electron chi connectivity index (χ1n) is 5.95. The van der Waals surface area contributed by atoms with E-state index < -0.39 is 5.97 Å². The van der Waals surface area contributed by atoms with Gasteiger partial charge in [0.25, 0.3) is 0 Å². The number of pyridine rings is 2. The summed E-state index contributed by atoms with van der Waals surface area (Å²) in [5.41, 5.74) is 1.06. The van der Waals surface area contributed by atoms with E-state index >= 15 is 0 Å². The molecule has 1 aliphatic rings. The molecule has 1 aliphatic heterocycles. The Kier molecular flexibility index (Phi) is 2.63. The van der Waals surface area contributed by atoms with Crippen LogP contribution >= 0.6 is 0 Å². The number of amides is 1. The highest BCUT2D eigenvalue weighted by Crippen LogP contribution is 2.27. The van der Waals surface area contributed by atoms with E-state index in [1.54, 1.807) is 23.4 Å². The summed E-state index contributed by atoms with van der Waals surface area (Å²) >= 11 is 0. The number of hydrogen-bond acceptors (Lipinski definition) is 4. The molecule has 1 fully saturated rings. The van der Waals surface area contributed by atoms with E-state index in [0.717, 1.165) is 11.8 Å². The smallest absolute Gasteiger partial charge is 0.354 e. The monoisotopic (exact) mass is 257 g/mol. The lowest BCUT2D eigenvalue weighted by molar-refractivity contribution is -0.117. The third-order valence-electron chi connectivity index (χ3n) is 3.16. The average Bonchev–Trinajstić information content (AvgIpc) is 2.83. The number of hydrogen-bond donors (Lipinski definition) is 1. The minimum Gasteiger partial charge on any atom is -0.477 e. The van der Waals surface area contributed by atoms with E-state index in [4.69, 9.17) is 5.11 Å². The van der Waals surface area contributed by atoms with Crippen molar-refractivity contribution in [3.8, 4) is 0 Å². The number of carbonyl (C=O) groups excluding carboxylic acids is 1. The standard InChI is InChI=1S/C13H11N3O3/c17-11-2-1-5-16(11)10-7-14-6-8-3-4-9(13(18)19)15-12(8)10/h3-4,6-7H,1-2,5H2,(H,18,19). The molecular formula is C13H11N3O3. The minimum atomic E-state index is -1.09. The van der Waals surface area contributed by atoms with E-state index in [0.29, 0.717) is 24.2 Å². The molecule has 6 heteroatoms. The van der Waals surface area contributed by atoms with Crippen LogP contribution < -0.4 is 4.90 Å². The fourth-order valence-electron chi connectivity index (χ4n) is 2.25. The van der Waals surface area contributed by atoms with Crippen LogP contribution in [-0.2, 0) is 4.79 Å². The Hall–Kier alpha value is -2.50. The van der Waals surface area contributed by atoms with Crippen LogP contribution in [-0.4, -0.2) is 33.5 Å². The second-order valence-electron chi connectivity index (χ2n) is 4.38. The van der Waals surface area contributed by atoms with Crippen molar-refractivity contribution in [2.24, 2.45) is 0 Å². The fourth-order valence-corrected chi connectivity index (χ4v) is 2.25. The van der Waals surface area contributed by atoms with Gasteiger partial charge in [-0.2, -0.15) is 0 Å². The normalized spacial score (nSPS) is 15.2. The topological polar surface area (TPSA) is 83.4 Å². The van der Waals surface area contributed by atoms with Crippen molar-refractivity contribution in [1.82, 2.24) is 9.97 Å². The van der Waals surface area contributed by atoms with E-state index in [9.17, 15) is 9.59 Å². The van der Waals surface area contributed by atoms with Gasteiger partial charge in [-0.3, -0.25) is 9.78 Å². The number of anilines is 1. The fraction of sp³-hybridized carbons (Fsp3) is 0.231. The summed E-state index contributed by atoms with van der Waals surface area (Å²) in [5, 5.41) is 9.72. The highest BCUT2D eigenvalue weighted by atomic mass is 16.4. The van der Waals surface area contributed by atoms with Crippen molar-refractivity contribution < 1.29 is 14.7 Å². The van der Waals surface area contributed by atoms with Gasteiger partial charge in [0.2, 0.25) is 5.91 Å². The molecule has 96 valence electrons. The van der Waals surface area contributed by atoms with Crippen molar-refractivity contribution in [1.29, 1.82) is 0 Å². The lowest BCUT2D eigenvalue weighted by Crippen LogP contribution is -2.24. The van der Waals surface area contributed by atoms with E-state index in [1.165, 1.54) is 6.07 Å². The quantitative estimate of drug-likeness (QED) is 0.880. The van der Waals surface area contributed by atoms with Gasteiger partial charge in [-0.25, -0.2) is 9.78 Å². The van der Waals surface area contributed by atoms with Crippen LogP contribution in [0.4, 0.5) is 5.69 Å². The lowest BCUT2D eigenvalue weighted by Gasteiger charge is -2.16. The molecule has 3 rings (SSSR count). The number of fused-ring (bicyclic) bond motifs is 1. The molecule has 0 aliphatic carbocycles. The second kappa shape index (κ2) is 4.31. The van der Waals surface area contributed by atoms with Crippen LogP contribution in [0.1, 0.15) is 23.3 Å². The molecule has 0 aromatic carbocycles. The molecule has 0 atom stereocenters. The molecular weight excluding hydrogens is 246 g/mol. The summed E-state index contributed by atoms with van der Waals surface area (Å²) in [7, 11) is 0. The average molecular weight is 257 g/mol. The number of nitrogens with zero attached hydrogens (tertiary/aromatic N) is 3. The predicted molar refractivity (Wildman–Crippen MR) is 68.1 cm³/mol. The van der Waals surface area contributed by atoms with Gasteiger partial charge in [0.1, 0.15) is 5.69 Å². The third kappa shape index (κ3) is 1.91. The molecule has 0 radical (unpaired) electrons. The van der Waals surface area contributed by atoms with Gasteiger partial charge in [0.05, 0.1) is 17.4 Å². The second-order valence-corrected chi connectivity index (χ2v) is 4.38. The van der Waals surface area contributed by atoms with Crippen LogP contribution in [0, 0.1) is 0 Å². The van der Waals surface area contributed by atoms with E-state index in [2.05, 4.69) is 9.97 Å². The molecule has 0 spiro atoms. The zero-order valence-electron chi connectivity index (χ0n) is 10.0. The van der Waals surface area contributed by atoms with Crippen molar-refractivity contribution in [3.05, 3.63) is 30.2 Å². The molecule has 1 N–H and O–H groups in total. The Balaban J connectivity index is 2.20. The first-order chi connectivity index (χ1) is 9.16. The maximum absolute atomic E-state index is 11.8. The molecule has 0 bridgehead atoms. The van der Waals surface area contributed by atoms with Crippen LogP contribution in [0.25, 0.3) is 10.9 Å². The first-order valence-corrected chi connectivity index (χ1v) is 5.95. The maximum atomic E-state index is 11.8. The summed E-state index contributed by atoms with van der Waals surface area (Å²) in [6.07, 6.45) is 4.48. The molecule has 6 nitrogen and oxygen atoms in total. The highest BCUT2D eigenvalue weighted by Gasteiger charge is 2.24. The number of carboxylic acids is 1. The Morgan fingerprint density at radius 2 is 2.16 bits per heavy atom. The SMILES string of the molecule is O=C(O)c1ccc2cncc(N3CCCC3=O)c2n1. The molecule has 1 saturated heterocycles. The van der Waals surface area contributed by atoms with Gasteiger partial charge in [0, 0.05) is 24.5 Å². The first kappa shape index (κ1) is 11.6. The van der Waals surface area contributed by atoms with Gasteiger partial charge >= 0.3 is 5.97 Å². The maximum Gasteiger partial charge on any atom is 0.354 e. The summed E-state index contributed by atoms with van der Waals surface area (Å²) in [5.74, 6) is -1.06. The number of carboxylic acid groups (broad SMARTS) is 1. The Morgan fingerprint density at radius 1 is 1.32 bits per heavy atom. The van der Waals surface area contributed by atoms with Crippen LogP contribution in [0.2, 0.25) is 0 Å². The zero-order valence-corrected chi connectivity index (χ0v) is 10.0. The molecule has 0 saturated carbocycles.